The van der Waals surface area contributed by atoms with Crippen LogP contribution >= 0.6 is 24.0 Å². The molecule has 3 rings (SSSR count). The average molecular weight is 518 g/mol. The summed E-state index contributed by atoms with van der Waals surface area (Å²) in [5.41, 5.74) is 3.95. The van der Waals surface area contributed by atoms with Crippen LogP contribution < -0.4 is 16.0 Å². The summed E-state index contributed by atoms with van der Waals surface area (Å²) in [5.74, 6) is 0.636. The lowest BCUT2D eigenvalue weighted by atomic mass is 10.1. The molecule has 0 saturated heterocycles. The Morgan fingerprint density at radius 3 is 2.53 bits per heavy atom. The zero-order valence-corrected chi connectivity index (χ0v) is 19.5. The predicted octanol–water partition coefficient (Wildman–Crippen LogP) is 2.76. The molecule has 0 aliphatic carbocycles. The average Bonchev–Trinajstić information content (AvgIpc) is 3.31. The van der Waals surface area contributed by atoms with Gasteiger partial charge in [-0.15, -0.1) is 24.0 Å². The summed E-state index contributed by atoms with van der Waals surface area (Å²) in [5, 5.41) is 13.5. The van der Waals surface area contributed by atoms with Crippen molar-refractivity contribution in [2.24, 2.45) is 4.99 Å². The number of nitrogens with one attached hydrogen (secondary N) is 3. The maximum atomic E-state index is 11.8. The third-order valence-corrected chi connectivity index (χ3v) is 4.51. The number of guanidine groups is 1. The first-order valence-electron chi connectivity index (χ1n) is 9.54. The lowest BCUT2D eigenvalue weighted by Crippen LogP contribution is -2.37. The van der Waals surface area contributed by atoms with Gasteiger partial charge in [-0.05, 0) is 47.9 Å². The highest BCUT2D eigenvalue weighted by Crippen LogP contribution is 2.09. The second-order valence-corrected chi connectivity index (χ2v) is 6.50. The second-order valence-electron chi connectivity index (χ2n) is 6.50. The van der Waals surface area contributed by atoms with E-state index in [9.17, 15) is 4.79 Å². The second kappa shape index (κ2) is 12.0. The van der Waals surface area contributed by atoms with Crippen LogP contribution in [0.3, 0.4) is 0 Å². The largest absolute Gasteiger partial charge is 0.356 e. The molecule has 0 spiro atoms. The molecule has 0 unspecified atom stereocenters. The zero-order chi connectivity index (χ0) is 20.5. The van der Waals surface area contributed by atoms with Gasteiger partial charge < -0.3 is 16.0 Å². The van der Waals surface area contributed by atoms with Gasteiger partial charge in [0.25, 0.3) is 5.91 Å². The van der Waals surface area contributed by atoms with Crippen molar-refractivity contribution < 1.29 is 4.79 Å². The number of rotatable bonds is 7. The molecule has 0 radical (unpaired) electrons. The zero-order valence-electron chi connectivity index (χ0n) is 17.1. The lowest BCUT2D eigenvalue weighted by molar-refractivity contribution is 0.0963. The summed E-state index contributed by atoms with van der Waals surface area (Å²) in [6.45, 7) is 1.35. The number of aliphatic imine (C=N–C) groups is 1. The van der Waals surface area contributed by atoms with Crippen molar-refractivity contribution in [1.82, 2.24) is 25.7 Å². The molecule has 3 N–H and O–H groups in total. The van der Waals surface area contributed by atoms with Crippen molar-refractivity contribution in [3.8, 4) is 5.69 Å². The standard InChI is InChI=1S/C22H26N6O.HI/c1-23-21(29)19-6-3-5-18(15-19)16-26-22(24-2)25-13-11-17-7-9-20(10-8-17)28-14-4-12-27-28;/h3-10,12,14-15H,11,13,16H2,1-2H3,(H,23,29)(H2,24,25,26);1H. The van der Waals surface area contributed by atoms with Crippen molar-refractivity contribution in [3.05, 3.63) is 83.7 Å². The van der Waals surface area contributed by atoms with Gasteiger partial charge >= 0.3 is 0 Å². The van der Waals surface area contributed by atoms with Crippen molar-refractivity contribution in [2.75, 3.05) is 20.6 Å². The molecule has 158 valence electrons. The summed E-state index contributed by atoms with van der Waals surface area (Å²) in [6.07, 6.45) is 4.58. The number of hydrogen-bond donors (Lipinski definition) is 3. The summed E-state index contributed by atoms with van der Waals surface area (Å²) in [7, 11) is 3.37. The third kappa shape index (κ3) is 6.58. The molecular weight excluding hydrogens is 491 g/mol. The van der Waals surface area contributed by atoms with Crippen molar-refractivity contribution >= 4 is 35.8 Å². The summed E-state index contributed by atoms with van der Waals surface area (Å²) in [6, 6.07) is 17.8. The normalized spacial score (nSPS) is 10.8. The van der Waals surface area contributed by atoms with Gasteiger partial charge in [-0.3, -0.25) is 9.79 Å². The van der Waals surface area contributed by atoms with Crippen molar-refractivity contribution in [1.29, 1.82) is 0 Å². The minimum atomic E-state index is -0.0899. The van der Waals surface area contributed by atoms with Gasteiger partial charge in [0.05, 0.1) is 5.69 Å². The number of carbonyl (C=O) groups excluding carboxylic acids is 1. The highest BCUT2D eigenvalue weighted by atomic mass is 127. The number of amides is 1. The van der Waals surface area contributed by atoms with Crippen LogP contribution in [0.15, 0.2) is 72.0 Å². The number of aromatic nitrogens is 2. The molecule has 1 amide bonds. The van der Waals surface area contributed by atoms with Crippen LogP contribution in [-0.2, 0) is 13.0 Å². The van der Waals surface area contributed by atoms with Gasteiger partial charge in [0.1, 0.15) is 0 Å². The Bertz CT molecular complexity index is 954. The summed E-state index contributed by atoms with van der Waals surface area (Å²) in [4.78, 5) is 16.0. The highest BCUT2D eigenvalue weighted by molar-refractivity contribution is 14.0. The first kappa shape index (κ1) is 23.4. The molecule has 0 aliphatic rings. The van der Waals surface area contributed by atoms with Crippen LogP contribution in [0.5, 0.6) is 0 Å². The Balaban J connectivity index is 0.00000320. The third-order valence-electron chi connectivity index (χ3n) is 4.51. The minimum Gasteiger partial charge on any atom is -0.356 e. The van der Waals surface area contributed by atoms with Crippen LogP contribution in [0.25, 0.3) is 5.69 Å². The van der Waals surface area contributed by atoms with E-state index in [-0.39, 0.29) is 29.9 Å². The van der Waals surface area contributed by atoms with Crippen LogP contribution in [0, 0.1) is 0 Å². The van der Waals surface area contributed by atoms with Gasteiger partial charge in [0.15, 0.2) is 5.96 Å². The smallest absolute Gasteiger partial charge is 0.251 e. The Morgan fingerprint density at radius 2 is 1.87 bits per heavy atom. The Hall–Kier alpha value is -2.88. The molecule has 0 bridgehead atoms. The van der Waals surface area contributed by atoms with Crippen LogP contribution in [0.1, 0.15) is 21.5 Å². The fraction of sp³-hybridized carbons (Fsp3) is 0.227. The molecule has 0 saturated carbocycles. The molecule has 0 fully saturated rings. The molecule has 1 aromatic heterocycles. The quantitative estimate of drug-likeness (QED) is 0.255. The molecule has 0 aliphatic heterocycles. The number of nitrogens with zero attached hydrogens (tertiary/aromatic N) is 3. The number of carbonyl (C=O) groups is 1. The van der Waals surface area contributed by atoms with Gasteiger partial charge in [0.2, 0.25) is 0 Å². The topological polar surface area (TPSA) is 83.3 Å². The van der Waals surface area contributed by atoms with Gasteiger partial charge in [-0.2, -0.15) is 5.10 Å². The Morgan fingerprint density at radius 1 is 1.07 bits per heavy atom. The van der Waals surface area contributed by atoms with Gasteiger partial charge in [-0.1, -0.05) is 24.3 Å². The molecule has 3 aromatic rings. The maximum Gasteiger partial charge on any atom is 0.251 e. The van der Waals surface area contributed by atoms with Gasteiger partial charge in [-0.25, -0.2) is 4.68 Å². The van der Waals surface area contributed by atoms with Gasteiger partial charge in [0, 0.05) is 45.1 Å². The van der Waals surface area contributed by atoms with E-state index < -0.39 is 0 Å². The van der Waals surface area contributed by atoms with E-state index in [1.807, 2.05) is 35.1 Å². The molecule has 2 aromatic carbocycles. The van der Waals surface area contributed by atoms with Crippen molar-refractivity contribution in [2.45, 2.75) is 13.0 Å². The van der Waals surface area contributed by atoms with E-state index in [4.69, 9.17) is 0 Å². The van der Waals surface area contributed by atoms with E-state index >= 15 is 0 Å². The predicted molar refractivity (Wildman–Crippen MR) is 131 cm³/mol. The molecule has 30 heavy (non-hydrogen) atoms. The maximum absolute atomic E-state index is 11.8. The first-order chi connectivity index (χ1) is 14.2. The van der Waals surface area contributed by atoms with Crippen LogP contribution in [0.2, 0.25) is 0 Å². The molecule has 0 atom stereocenters. The van der Waals surface area contributed by atoms with Crippen molar-refractivity contribution in [3.63, 3.8) is 0 Å². The van der Waals surface area contributed by atoms with E-state index in [0.29, 0.717) is 12.1 Å². The van der Waals surface area contributed by atoms with Crippen LogP contribution in [0.4, 0.5) is 0 Å². The molecule has 8 heteroatoms. The number of benzene rings is 2. The minimum absolute atomic E-state index is 0. The summed E-state index contributed by atoms with van der Waals surface area (Å²) >= 11 is 0. The lowest BCUT2D eigenvalue weighted by Gasteiger charge is -2.12. The van der Waals surface area contributed by atoms with E-state index in [1.165, 1.54) is 5.56 Å². The first-order valence-corrected chi connectivity index (χ1v) is 9.54. The SMILES string of the molecule is CN=C(NCCc1ccc(-n2cccn2)cc1)NCc1cccc(C(=O)NC)c1.I. The van der Waals surface area contributed by atoms with E-state index in [0.717, 1.165) is 30.2 Å². The Kier molecular flexibility index (Phi) is 9.33. The number of halogens is 1. The number of hydrogen-bond acceptors (Lipinski definition) is 3. The molecular formula is C22H27IN6O. The molecule has 1 heterocycles. The summed E-state index contributed by atoms with van der Waals surface area (Å²) < 4.78 is 1.84. The Labute approximate surface area is 194 Å². The monoisotopic (exact) mass is 518 g/mol. The van der Waals surface area contributed by atoms with E-state index in [2.05, 4.69) is 50.3 Å². The highest BCUT2D eigenvalue weighted by Gasteiger charge is 2.04. The van der Waals surface area contributed by atoms with E-state index in [1.54, 1.807) is 26.4 Å². The fourth-order valence-electron chi connectivity index (χ4n) is 2.94. The fourth-order valence-corrected chi connectivity index (χ4v) is 2.94. The van der Waals surface area contributed by atoms with Crippen LogP contribution in [-0.4, -0.2) is 42.3 Å². The molecule has 7 nitrogen and oxygen atoms in total.